The van der Waals surface area contributed by atoms with Gasteiger partial charge in [0.15, 0.2) is 0 Å². The maximum absolute atomic E-state index is 1.58. The summed E-state index contributed by atoms with van der Waals surface area (Å²) in [4.78, 5) is 0. The molecule has 0 amide bonds. The number of hydrogen-bond donors (Lipinski definition) is 0. The molecule has 0 radical (unpaired) electrons. The van der Waals surface area contributed by atoms with Gasteiger partial charge in [-0.05, 0) is 18.3 Å². The van der Waals surface area contributed by atoms with Crippen molar-refractivity contribution in [3.8, 4) is 0 Å². The van der Waals surface area contributed by atoms with Crippen LogP contribution in [0.4, 0.5) is 0 Å². The molecule has 0 aromatic heterocycles. The normalized spacial score (nSPS) is 42.0. The Morgan fingerprint density at radius 3 is 1.38 bits per heavy atom. The van der Waals surface area contributed by atoms with Gasteiger partial charge in [0.05, 0.1) is 0 Å². The van der Waals surface area contributed by atoms with E-state index < -0.39 is 0 Å². The Morgan fingerprint density at radius 1 is 0.875 bits per heavy atom. The largest absolute Gasteiger partial charge is 2.00 e. The fraction of sp³-hybridized carbons (Fsp3) is 1.00. The molecule has 44 valence electrons. The summed E-state index contributed by atoms with van der Waals surface area (Å²) in [6, 6.07) is 0. The molecule has 2 aliphatic carbocycles. The molecule has 0 N–H and O–H groups in total. The molecular weight excluding hydrogens is 172 g/mol. The van der Waals surface area contributed by atoms with Crippen LogP contribution in [0.25, 0.3) is 0 Å². The second kappa shape index (κ2) is 3.05. The van der Waals surface area contributed by atoms with E-state index in [0.29, 0.717) is 0 Å². The van der Waals surface area contributed by atoms with Crippen LogP contribution in [-0.4, -0.2) is 45.5 Å². The summed E-state index contributed by atoms with van der Waals surface area (Å²) in [5.74, 6) is 2.34. The van der Waals surface area contributed by atoms with Crippen molar-refractivity contribution in [2.75, 3.05) is 0 Å². The van der Waals surface area contributed by atoms with E-state index in [-0.39, 0.29) is 48.3 Å². The maximum Gasteiger partial charge on any atom is 2.00 e. The first-order chi connectivity index (χ1) is 3.45. The molecule has 1 heteroatoms. The zero-order chi connectivity index (χ0) is 4.69. The van der Waals surface area contributed by atoms with Crippen LogP contribution in [0.15, 0.2) is 0 Å². The molecule has 0 heterocycles. The molecule has 0 saturated heterocycles. The van der Waals surface area contributed by atoms with Gasteiger partial charge in [-0.1, -0.05) is 25.7 Å². The fourth-order valence-electron chi connectivity index (χ4n) is 2.17. The molecule has 2 fully saturated rings. The molecule has 2 aliphatic rings. The summed E-state index contributed by atoms with van der Waals surface area (Å²) in [6.45, 7) is 0. The van der Waals surface area contributed by atoms with E-state index in [4.69, 9.17) is 0 Å². The molecule has 0 unspecified atom stereocenters. The quantitative estimate of drug-likeness (QED) is 0.507. The van der Waals surface area contributed by atoms with Crippen molar-refractivity contribution in [3.63, 3.8) is 0 Å². The van der Waals surface area contributed by atoms with Crippen LogP contribution in [0.1, 0.15) is 35.0 Å². The number of rotatable bonds is 0. The Kier molecular flexibility index (Phi) is 2.89. The molecule has 0 aromatic carbocycles. The third kappa shape index (κ3) is 1.31. The van der Waals surface area contributed by atoms with Gasteiger partial charge >= 0.3 is 45.5 Å². The van der Waals surface area contributed by atoms with E-state index >= 15 is 0 Å². The minimum Gasteiger partial charge on any atom is -1.00 e. The minimum atomic E-state index is 0. The van der Waals surface area contributed by atoms with Gasteiger partial charge in [-0.15, -0.1) is 0 Å². The predicted octanol–water partition coefficient (Wildman–Crippen LogP) is 2.04. The topological polar surface area (TPSA) is 0 Å². The standard InChI is InChI=1S/C7H12.Sr.2H/c1-2-7-4-3-6(1)5-7;;;/h6-7H,1-5H2;;;/q;+2;2*-1. The summed E-state index contributed by atoms with van der Waals surface area (Å²) in [7, 11) is 0. The molecule has 0 nitrogen and oxygen atoms in total. The van der Waals surface area contributed by atoms with E-state index in [9.17, 15) is 0 Å². The summed E-state index contributed by atoms with van der Waals surface area (Å²) >= 11 is 0. The van der Waals surface area contributed by atoms with Crippen molar-refractivity contribution >= 4 is 45.5 Å². The molecule has 0 atom stereocenters. The fourth-order valence-corrected chi connectivity index (χ4v) is 2.17. The predicted molar refractivity (Wildman–Crippen MR) is 38.0 cm³/mol. The van der Waals surface area contributed by atoms with Crippen LogP contribution in [-0.2, 0) is 0 Å². The summed E-state index contributed by atoms with van der Waals surface area (Å²) in [6.07, 6.45) is 7.82. The molecular formula is C7H14Sr. The van der Waals surface area contributed by atoms with Crippen LogP contribution >= 0.6 is 0 Å². The van der Waals surface area contributed by atoms with E-state index in [1.807, 2.05) is 0 Å². The number of hydrogen-bond acceptors (Lipinski definition) is 0. The molecule has 8 heavy (non-hydrogen) atoms. The summed E-state index contributed by atoms with van der Waals surface area (Å²) in [5.41, 5.74) is 0. The first kappa shape index (κ1) is 7.59. The molecule has 0 aliphatic heterocycles. The SMILES string of the molecule is C1CC2CCC1C2.[H-].[H-].[Sr+2]. The monoisotopic (exact) mass is 186 g/mol. The van der Waals surface area contributed by atoms with Gasteiger partial charge in [0.1, 0.15) is 0 Å². The molecule has 2 bridgehead atoms. The number of fused-ring (bicyclic) bond motifs is 2. The van der Waals surface area contributed by atoms with E-state index in [1.54, 1.807) is 32.1 Å². The van der Waals surface area contributed by atoms with Crippen molar-refractivity contribution in [2.45, 2.75) is 32.1 Å². The van der Waals surface area contributed by atoms with Crippen LogP contribution in [0.3, 0.4) is 0 Å². The average molecular weight is 186 g/mol. The van der Waals surface area contributed by atoms with Gasteiger partial charge in [-0.25, -0.2) is 0 Å². The Morgan fingerprint density at radius 2 is 1.25 bits per heavy atom. The van der Waals surface area contributed by atoms with Crippen LogP contribution in [0.2, 0.25) is 0 Å². The van der Waals surface area contributed by atoms with Crippen molar-refractivity contribution in [1.82, 2.24) is 0 Å². The first-order valence-electron chi connectivity index (χ1n) is 3.45. The van der Waals surface area contributed by atoms with Crippen molar-refractivity contribution in [3.05, 3.63) is 0 Å². The Hall–Kier alpha value is 1.48. The van der Waals surface area contributed by atoms with Gasteiger partial charge in [-0.3, -0.25) is 0 Å². The molecule has 2 saturated carbocycles. The van der Waals surface area contributed by atoms with Gasteiger partial charge < -0.3 is 2.85 Å². The average Bonchev–Trinajstić information content (AvgIpc) is 2.22. The third-order valence-electron chi connectivity index (χ3n) is 2.63. The van der Waals surface area contributed by atoms with Gasteiger partial charge in [0.25, 0.3) is 0 Å². The van der Waals surface area contributed by atoms with Crippen LogP contribution < -0.4 is 0 Å². The van der Waals surface area contributed by atoms with E-state index in [0.717, 1.165) is 0 Å². The van der Waals surface area contributed by atoms with Crippen LogP contribution in [0, 0.1) is 11.8 Å². The Bertz CT molecular complexity index is 69.7. The second-order valence-corrected chi connectivity index (χ2v) is 3.12. The zero-order valence-corrected chi connectivity index (χ0v) is 8.87. The van der Waals surface area contributed by atoms with E-state index in [2.05, 4.69) is 0 Å². The first-order valence-corrected chi connectivity index (χ1v) is 3.45. The van der Waals surface area contributed by atoms with Crippen LogP contribution in [0.5, 0.6) is 0 Å². The van der Waals surface area contributed by atoms with Crippen molar-refractivity contribution in [1.29, 1.82) is 0 Å². The summed E-state index contributed by atoms with van der Waals surface area (Å²) < 4.78 is 0. The van der Waals surface area contributed by atoms with Gasteiger partial charge in [0.2, 0.25) is 0 Å². The molecule has 0 aromatic rings. The second-order valence-electron chi connectivity index (χ2n) is 3.12. The Balaban J connectivity index is 0. The summed E-state index contributed by atoms with van der Waals surface area (Å²) in [5, 5.41) is 0. The van der Waals surface area contributed by atoms with Crippen molar-refractivity contribution < 1.29 is 2.85 Å². The Labute approximate surface area is 91.3 Å². The van der Waals surface area contributed by atoms with Crippen molar-refractivity contribution in [2.24, 2.45) is 11.8 Å². The molecule has 2 rings (SSSR count). The minimum absolute atomic E-state index is 0. The van der Waals surface area contributed by atoms with Gasteiger partial charge in [-0.2, -0.15) is 0 Å². The van der Waals surface area contributed by atoms with Gasteiger partial charge in [0, 0.05) is 0 Å². The van der Waals surface area contributed by atoms with E-state index in [1.165, 1.54) is 11.8 Å². The smallest absolute Gasteiger partial charge is 1.00 e. The maximum atomic E-state index is 1.58. The third-order valence-corrected chi connectivity index (χ3v) is 2.63. The molecule has 0 spiro atoms. The zero-order valence-electron chi connectivity index (χ0n) is 7.40.